The first kappa shape index (κ1) is 26.3. The lowest BCUT2D eigenvalue weighted by Gasteiger charge is -2.10. The van der Waals surface area contributed by atoms with Crippen molar-refractivity contribution in [1.82, 2.24) is 14.1 Å². The summed E-state index contributed by atoms with van der Waals surface area (Å²) in [5.41, 5.74) is 11.8. The molecule has 0 spiro atoms. The first-order valence-corrected chi connectivity index (χ1v) is 16.7. The highest BCUT2D eigenvalue weighted by molar-refractivity contribution is 7.21. The lowest BCUT2D eigenvalue weighted by molar-refractivity contribution is 1.18. The van der Waals surface area contributed by atoms with Crippen LogP contribution in [0.1, 0.15) is 0 Å². The summed E-state index contributed by atoms with van der Waals surface area (Å²) in [6.45, 7) is 0. The lowest BCUT2D eigenvalue weighted by Crippen LogP contribution is -1.93. The fourth-order valence-corrected chi connectivity index (χ4v) is 8.16. The minimum atomic E-state index is 1.05. The Morgan fingerprint density at radius 1 is 0.383 bits per heavy atom. The third kappa shape index (κ3) is 4.09. The molecule has 0 aliphatic heterocycles. The van der Waals surface area contributed by atoms with Crippen molar-refractivity contribution < 1.29 is 0 Å². The van der Waals surface area contributed by atoms with Crippen LogP contribution in [0.15, 0.2) is 164 Å². The Balaban J connectivity index is 1.10. The summed E-state index contributed by atoms with van der Waals surface area (Å²) < 4.78 is 5.96. The van der Waals surface area contributed by atoms with Gasteiger partial charge in [-0.2, -0.15) is 0 Å². The van der Waals surface area contributed by atoms with Gasteiger partial charge in [-0.15, -0.1) is 11.3 Å². The molecule has 10 aromatic rings. The first-order valence-electron chi connectivity index (χ1n) is 15.9. The van der Waals surface area contributed by atoms with Crippen LogP contribution in [-0.4, -0.2) is 14.1 Å². The second-order valence-electron chi connectivity index (χ2n) is 12.0. The minimum Gasteiger partial charge on any atom is -0.309 e. The van der Waals surface area contributed by atoms with Crippen LogP contribution in [0, 0.1) is 0 Å². The van der Waals surface area contributed by atoms with Crippen molar-refractivity contribution in [3.05, 3.63) is 164 Å². The number of hydrogen-bond donors (Lipinski definition) is 0. The van der Waals surface area contributed by atoms with Crippen LogP contribution in [0.3, 0.4) is 0 Å². The SMILES string of the molecule is c1ccc(-n2c3ccccc3c3cc(-c4ccc5c(c4)c4ccccc4n5-c4ccc(-c5nc6ccccc6s5)cc4)ccc32)cc1. The van der Waals surface area contributed by atoms with E-state index in [1.807, 2.05) is 6.07 Å². The van der Waals surface area contributed by atoms with E-state index in [0.29, 0.717) is 0 Å². The molecule has 0 saturated heterocycles. The normalized spacial score (nSPS) is 11.8. The predicted molar refractivity (Wildman–Crippen MR) is 199 cm³/mol. The number of fused-ring (bicyclic) bond motifs is 7. The van der Waals surface area contributed by atoms with Crippen LogP contribution < -0.4 is 0 Å². The molecule has 10 rings (SSSR count). The van der Waals surface area contributed by atoms with E-state index in [9.17, 15) is 0 Å². The number of benzene rings is 7. The molecule has 47 heavy (non-hydrogen) atoms. The van der Waals surface area contributed by atoms with Gasteiger partial charge in [0, 0.05) is 38.5 Å². The molecule has 0 aliphatic carbocycles. The molecule has 0 aliphatic rings. The standard InChI is InChI=1S/C43H27N3S/c1-2-10-31(11-3-1)45-38-15-7-4-12-33(38)35-26-29(20-24-40(35)45)30-21-25-41-36(27-30)34-13-5-8-16-39(34)46(41)32-22-18-28(19-23-32)43-44-37-14-6-9-17-42(37)47-43/h1-27H. The molecule has 0 saturated carbocycles. The van der Waals surface area contributed by atoms with Gasteiger partial charge in [-0.1, -0.05) is 78.9 Å². The Morgan fingerprint density at radius 3 is 1.49 bits per heavy atom. The maximum absolute atomic E-state index is 4.88. The molecule has 0 amide bonds. The molecule has 3 aromatic heterocycles. The van der Waals surface area contributed by atoms with Crippen molar-refractivity contribution >= 4 is 65.2 Å². The van der Waals surface area contributed by atoms with E-state index >= 15 is 0 Å². The van der Waals surface area contributed by atoms with Gasteiger partial charge in [-0.3, -0.25) is 0 Å². The van der Waals surface area contributed by atoms with Crippen LogP contribution >= 0.6 is 11.3 Å². The molecular formula is C43H27N3S. The van der Waals surface area contributed by atoms with E-state index in [1.165, 1.54) is 65.1 Å². The zero-order valence-electron chi connectivity index (χ0n) is 25.3. The van der Waals surface area contributed by atoms with Gasteiger partial charge in [0.2, 0.25) is 0 Å². The van der Waals surface area contributed by atoms with Gasteiger partial charge in [-0.05, 0) is 96.1 Å². The Morgan fingerprint density at radius 2 is 0.872 bits per heavy atom. The van der Waals surface area contributed by atoms with Crippen LogP contribution in [0.4, 0.5) is 0 Å². The van der Waals surface area contributed by atoms with Crippen molar-refractivity contribution in [3.63, 3.8) is 0 Å². The summed E-state index contributed by atoms with van der Waals surface area (Å²) in [6.07, 6.45) is 0. The summed E-state index contributed by atoms with van der Waals surface area (Å²) >= 11 is 1.74. The number of hydrogen-bond acceptors (Lipinski definition) is 2. The number of nitrogens with zero attached hydrogens (tertiary/aromatic N) is 3. The first-order chi connectivity index (χ1) is 23.3. The number of rotatable bonds is 4. The molecule has 0 unspecified atom stereocenters. The Bertz CT molecular complexity index is 2750. The van der Waals surface area contributed by atoms with Gasteiger partial charge < -0.3 is 9.13 Å². The molecule has 7 aromatic carbocycles. The average Bonchev–Trinajstić information content (AvgIpc) is 3.82. The highest BCUT2D eigenvalue weighted by Crippen LogP contribution is 2.39. The molecule has 3 nitrogen and oxygen atoms in total. The van der Waals surface area contributed by atoms with Crippen molar-refractivity contribution in [2.75, 3.05) is 0 Å². The molecule has 0 fully saturated rings. The van der Waals surface area contributed by atoms with Crippen LogP contribution in [0.25, 0.3) is 86.9 Å². The summed E-state index contributed by atoms with van der Waals surface area (Å²) in [5.74, 6) is 0. The van der Waals surface area contributed by atoms with Crippen molar-refractivity contribution in [1.29, 1.82) is 0 Å². The number of para-hydroxylation sites is 4. The minimum absolute atomic E-state index is 1.05. The quantitative estimate of drug-likeness (QED) is 0.193. The maximum Gasteiger partial charge on any atom is 0.124 e. The van der Waals surface area contributed by atoms with Crippen LogP contribution in [-0.2, 0) is 0 Å². The molecule has 3 heterocycles. The number of thiazole rings is 1. The second kappa shape index (κ2) is 10.3. The smallest absolute Gasteiger partial charge is 0.124 e. The fourth-order valence-electron chi connectivity index (χ4n) is 7.19. The zero-order chi connectivity index (χ0) is 30.9. The number of aromatic nitrogens is 3. The van der Waals surface area contributed by atoms with Gasteiger partial charge in [0.15, 0.2) is 0 Å². The van der Waals surface area contributed by atoms with Gasteiger partial charge in [0.25, 0.3) is 0 Å². The van der Waals surface area contributed by atoms with E-state index in [0.717, 1.165) is 21.8 Å². The van der Waals surface area contributed by atoms with Crippen molar-refractivity contribution in [2.45, 2.75) is 0 Å². The monoisotopic (exact) mass is 617 g/mol. The second-order valence-corrected chi connectivity index (χ2v) is 13.1. The van der Waals surface area contributed by atoms with E-state index in [1.54, 1.807) is 11.3 Å². The molecular weight excluding hydrogens is 591 g/mol. The lowest BCUT2D eigenvalue weighted by atomic mass is 10.0. The highest BCUT2D eigenvalue weighted by atomic mass is 32.1. The molecule has 0 radical (unpaired) electrons. The van der Waals surface area contributed by atoms with E-state index in [4.69, 9.17) is 4.98 Å². The highest BCUT2D eigenvalue weighted by Gasteiger charge is 2.16. The summed E-state index contributed by atoms with van der Waals surface area (Å²) in [4.78, 5) is 4.88. The van der Waals surface area contributed by atoms with Gasteiger partial charge in [-0.25, -0.2) is 4.98 Å². The molecule has 4 heteroatoms. The Kier molecular flexibility index (Phi) is 5.74. The third-order valence-corrected chi connectivity index (χ3v) is 10.4. The van der Waals surface area contributed by atoms with Crippen molar-refractivity contribution in [3.8, 4) is 33.1 Å². The largest absolute Gasteiger partial charge is 0.309 e. The molecule has 220 valence electrons. The van der Waals surface area contributed by atoms with E-state index in [-0.39, 0.29) is 0 Å². The third-order valence-electron chi connectivity index (χ3n) is 9.36. The fraction of sp³-hybridized carbons (Fsp3) is 0. The molecule has 0 N–H and O–H groups in total. The Labute approximate surface area is 275 Å². The summed E-state index contributed by atoms with van der Waals surface area (Å²) in [5, 5.41) is 6.08. The van der Waals surface area contributed by atoms with Gasteiger partial charge in [0.05, 0.1) is 32.3 Å². The van der Waals surface area contributed by atoms with E-state index in [2.05, 4.69) is 167 Å². The van der Waals surface area contributed by atoms with Crippen LogP contribution in [0.2, 0.25) is 0 Å². The van der Waals surface area contributed by atoms with Gasteiger partial charge in [0.1, 0.15) is 5.01 Å². The molecule has 0 bridgehead atoms. The van der Waals surface area contributed by atoms with E-state index < -0.39 is 0 Å². The van der Waals surface area contributed by atoms with Crippen LogP contribution in [0.5, 0.6) is 0 Å². The topological polar surface area (TPSA) is 22.8 Å². The zero-order valence-corrected chi connectivity index (χ0v) is 26.2. The average molecular weight is 618 g/mol. The summed E-state index contributed by atoms with van der Waals surface area (Å²) in [7, 11) is 0. The maximum atomic E-state index is 4.88. The van der Waals surface area contributed by atoms with Gasteiger partial charge >= 0.3 is 0 Å². The van der Waals surface area contributed by atoms with Crippen molar-refractivity contribution in [2.24, 2.45) is 0 Å². The predicted octanol–water partition coefficient (Wildman–Crippen LogP) is 11.8. The Hall–Kier alpha value is -5.97. The molecule has 0 atom stereocenters. The summed E-state index contributed by atoms with van der Waals surface area (Å²) in [6, 6.07) is 59.1.